The molecule has 1 amide bonds. The quantitative estimate of drug-likeness (QED) is 0.547. The summed E-state index contributed by atoms with van der Waals surface area (Å²) in [6, 6.07) is 10.1. The number of alkyl halides is 2. The summed E-state index contributed by atoms with van der Waals surface area (Å²) in [5, 5.41) is 4.99. The van der Waals surface area contributed by atoms with E-state index in [2.05, 4.69) is 0 Å². The van der Waals surface area contributed by atoms with E-state index < -0.39 is 39.3 Å². The van der Waals surface area contributed by atoms with E-state index in [1.807, 2.05) is 0 Å². The minimum absolute atomic E-state index is 0.0718. The molecule has 0 atom stereocenters. The highest BCUT2D eigenvalue weighted by Gasteiger charge is 2.23. The first-order valence-electron chi connectivity index (χ1n) is 8.49. The minimum Gasteiger partial charge on any atom is -0.454 e. The molecule has 162 valence electrons. The first-order valence-corrected chi connectivity index (χ1v) is 10.4. The number of hydrogen-bond donors (Lipinski definition) is 2. The molecule has 0 aromatic heterocycles. The van der Waals surface area contributed by atoms with E-state index in [9.17, 15) is 26.4 Å². The van der Waals surface area contributed by atoms with Crippen molar-refractivity contribution in [2.75, 3.05) is 0 Å². The molecule has 4 N–H and O–H groups in total. The number of halogens is 4. The summed E-state index contributed by atoms with van der Waals surface area (Å²) in [4.78, 5) is 11.7. The van der Waals surface area contributed by atoms with Crippen molar-refractivity contribution < 1.29 is 31.1 Å². The topological polar surface area (TPSA) is 112 Å². The van der Waals surface area contributed by atoms with Gasteiger partial charge in [0.05, 0.1) is 15.5 Å². The van der Waals surface area contributed by atoms with E-state index in [-0.39, 0.29) is 32.5 Å². The van der Waals surface area contributed by atoms with Gasteiger partial charge in [-0.3, -0.25) is 4.79 Å². The van der Waals surface area contributed by atoms with E-state index in [0.717, 1.165) is 30.3 Å². The molecular formula is C20H14ClF3N2O4S. The van der Waals surface area contributed by atoms with Crippen molar-refractivity contribution in [2.45, 2.75) is 11.3 Å². The standard InChI is InChI=1S/C20H14ClF3N2O4S/c21-16-9-12(22)4-5-17(16)30-18-14(7-11(19(23)24)8-15(18)20(25)27)10-2-1-3-13(6-10)31(26,28)29/h1-9,19H,(H2,25,27)(H2,26,28,29). The summed E-state index contributed by atoms with van der Waals surface area (Å²) in [6.45, 7) is 0. The van der Waals surface area contributed by atoms with Crippen LogP contribution in [0.1, 0.15) is 22.3 Å². The van der Waals surface area contributed by atoms with E-state index in [1.165, 1.54) is 24.3 Å². The van der Waals surface area contributed by atoms with Crippen LogP contribution in [-0.4, -0.2) is 14.3 Å². The molecule has 0 spiro atoms. The van der Waals surface area contributed by atoms with Gasteiger partial charge in [-0.05, 0) is 48.0 Å². The molecule has 31 heavy (non-hydrogen) atoms. The Labute approximate surface area is 180 Å². The Bertz CT molecular complexity index is 1280. The van der Waals surface area contributed by atoms with Crippen LogP contribution in [0, 0.1) is 5.82 Å². The summed E-state index contributed by atoms with van der Waals surface area (Å²) in [5.41, 5.74) is 4.44. The average Bonchev–Trinajstić information content (AvgIpc) is 2.69. The fraction of sp³-hybridized carbons (Fsp3) is 0.0500. The van der Waals surface area contributed by atoms with Crippen molar-refractivity contribution in [3.8, 4) is 22.6 Å². The summed E-state index contributed by atoms with van der Waals surface area (Å²) in [5.74, 6) is -2.09. The number of rotatable bonds is 6. The van der Waals surface area contributed by atoms with Crippen LogP contribution in [-0.2, 0) is 10.0 Å². The maximum absolute atomic E-state index is 13.5. The lowest BCUT2D eigenvalue weighted by Crippen LogP contribution is -2.14. The first-order chi connectivity index (χ1) is 14.5. The molecule has 3 aromatic carbocycles. The SMILES string of the molecule is NC(=O)c1cc(C(F)F)cc(-c2cccc(S(N)(=O)=O)c2)c1Oc1ccc(F)cc1Cl. The summed E-state index contributed by atoms with van der Waals surface area (Å²) >= 11 is 5.98. The fourth-order valence-electron chi connectivity index (χ4n) is 2.79. The van der Waals surface area contributed by atoms with Crippen molar-refractivity contribution in [2.24, 2.45) is 10.9 Å². The smallest absolute Gasteiger partial charge is 0.263 e. The zero-order chi connectivity index (χ0) is 22.9. The molecule has 0 heterocycles. The van der Waals surface area contributed by atoms with Crippen molar-refractivity contribution in [3.05, 3.63) is 76.6 Å². The Morgan fingerprint density at radius 2 is 1.77 bits per heavy atom. The summed E-state index contributed by atoms with van der Waals surface area (Å²) < 4.78 is 69.4. The highest BCUT2D eigenvalue weighted by Crippen LogP contribution is 2.41. The molecule has 0 saturated carbocycles. The van der Waals surface area contributed by atoms with Gasteiger partial charge in [0.1, 0.15) is 17.3 Å². The molecule has 0 saturated heterocycles. The molecule has 0 unspecified atom stereocenters. The number of nitrogens with two attached hydrogens (primary N) is 2. The van der Waals surface area contributed by atoms with Gasteiger partial charge in [-0.25, -0.2) is 26.7 Å². The molecule has 6 nitrogen and oxygen atoms in total. The normalized spacial score (nSPS) is 11.5. The van der Waals surface area contributed by atoms with Gasteiger partial charge in [-0.1, -0.05) is 23.7 Å². The monoisotopic (exact) mass is 470 g/mol. The molecule has 3 aromatic rings. The predicted molar refractivity (Wildman–Crippen MR) is 108 cm³/mol. The average molecular weight is 471 g/mol. The Morgan fingerprint density at radius 3 is 2.35 bits per heavy atom. The Kier molecular flexibility index (Phi) is 6.25. The van der Waals surface area contributed by atoms with Gasteiger partial charge in [0, 0.05) is 11.1 Å². The number of primary sulfonamides is 1. The highest BCUT2D eigenvalue weighted by atomic mass is 35.5. The molecular weight excluding hydrogens is 457 g/mol. The molecule has 0 bridgehead atoms. The van der Waals surface area contributed by atoms with Gasteiger partial charge in [-0.15, -0.1) is 0 Å². The van der Waals surface area contributed by atoms with E-state index in [0.29, 0.717) is 0 Å². The van der Waals surface area contributed by atoms with Crippen LogP contribution in [0.3, 0.4) is 0 Å². The molecule has 3 rings (SSSR count). The zero-order valence-electron chi connectivity index (χ0n) is 15.5. The van der Waals surface area contributed by atoms with Crippen LogP contribution in [0.25, 0.3) is 11.1 Å². The number of sulfonamides is 1. The lowest BCUT2D eigenvalue weighted by atomic mass is 9.97. The van der Waals surface area contributed by atoms with Crippen LogP contribution in [0.15, 0.2) is 59.5 Å². The third kappa shape index (κ3) is 4.98. The third-order valence-corrected chi connectivity index (χ3v) is 5.41. The van der Waals surface area contributed by atoms with Crippen molar-refractivity contribution >= 4 is 27.5 Å². The lowest BCUT2D eigenvalue weighted by molar-refractivity contribution is 0.0997. The Morgan fingerprint density at radius 1 is 1.06 bits per heavy atom. The highest BCUT2D eigenvalue weighted by molar-refractivity contribution is 7.89. The zero-order valence-corrected chi connectivity index (χ0v) is 17.1. The molecule has 0 aliphatic rings. The van der Waals surface area contributed by atoms with Gasteiger partial charge < -0.3 is 10.5 Å². The van der Waals surface area contributed by atoms with Gasteiger partial charge in [0.15, 0.2) is 0 Å². The number of hydrogen-bond acceptors (Lipinski definition) is 4. The van der Waals surface area contributed by atoms with Gasteiger partial charge in [0.25, 0.3) is 12.3 Å². The number of amides is 1. The lowest BCUT2D eigenvalue weighted by Gasteiger charge is -2.17. The Hall–Kier alpha value is -3.08. The largest absolute Gasteiger partial charge is 0.454 e. The Balaban J connectivity index is 2.31. The van der Waals surface area contributed by atoms with E-state index in [4.69, 9.17) is 27.2 Å². The van der Waals surface area contributed by atoms with Crippen molar-refractivity contribution in [3.63, 3.8) is 0 Å². The van der Waals surface area contributed by atoms with Gasteiger partial charge in [-0.2, -0.15) is 0 Å². The second-order valence-electron chi connectivity index (χ2n) is 6.36. The number of carbonyl (C=O) groups is 1. The van der Waals surface area contributed by atoms with Crippen LogP contribution < -0.4 is 15.6 Å². The second-order valence-corrected chi connectivity index (χ2v) is 8.33. The summed E-state index contributed by atoms with van der Waals surface area (Å²) in [7, 11) is -4.11. The molecule has 0 fully saturated rings. The van der Waals surface area contributed by atoms with Crippen LogP contribution in [0.4, 0.5) is 13.2 Å². The minimum atomic E-state index is -4.11. The number of primary amides is 1. The maximum atomic E-state index is 13.5. The maximum Gasteiger partial charge on any atom is 0.263 e. The van der Waals surface area contributed by atoms with Gasteiger partial charge in [0.2, 0.25) is 10.0 Å². The van der Waals surface area contributed by atoms with Crippen molar-refractivity contribution in [1.29, 1.82) is 0 Å². The second kappa shape index (κ2) is 8.58. The summed E-state index contributed by atoms with van der Waals surface area (Å²) in [6.07, 6.45) is -2.97. The van der Waals surface area contributed by atoms with Crippen molar-refractivity contribution in [1.82, 2.24) is 0 Å². The number of ether oxygens (including phenoxy) is 1. The predicted octanol–water partition coefficient (Wildman–Crippen LogP) is 4.62. The van der Waals surface area contributed by atoms with Crippen LogP contribution >= 0.6 is 11.6 Å². The molecule has 11 heteroatoms. The number of carbonyl (C=O) groups excluding carboxylic acids is 1. The van der Waals surface area contributed by atoms with E-state index >= 15 is 0 Å². The molecule has 0 radical (unpaired) electrons. The van der Waals surface area contributed by atoms with Crippen LogP contribution in [0.2, 0.25) is 5.02 Å². The van der Waals surface area contributed by atoms with Gasteiger partial charge >= 0.3 is 0 Å². The van der Waals surface area contributed by atoms with E-state index in [1.54, 1.807) is 0 Å². The number of benzene rings is 3. The molecule has 0 aliphatic heterocycles. The fourth-order valence-corrected chi connectivity index (χ4v) is 3.56. The third-order valence-electron chi connectivity index (χ3n) is 4.21. The van der Waals surface area contributed by atoms with Crippen LogP contribution in [0.5, 0.6) is 11.5 Å². The first kappa shape index (κ1) is 22.6. The molecule has 0 aliphatic carbocycles.